The predicted molar refractivity (Wildman–Crippen MR) is 147 cm³/mol. The van der Waals surface area contributed by atoms with E-state index >= 15 is 0 Å². The monoisotopic (exact) mass is 481 g/mol. The zero-order chi connectivity index (χ0) is 25.0. The lowest BCUT2D eigenvalue weighted by atomic mass is 9.87. The molecule has 0 heterocycles. The number of hydrogen-bond acceptors (Lipinski definition) is 3. The first kappa shape index (κ1) is 24.1. The first-order valence-electron chi connectivity index (χ1n) is 11.3. The summed E-state index contributed by atoms with van der Waals surface area (Å²) < 4.78 is 0. The molecule has 2 amide bonds. The van der Waals surface area contributed by atoms with Gasteiger partial charge in [0.15, 0.2) is 5.11 Å². The molecule has 0 aliphatic heterocycles. The number of benzene rings is 4. The molecule has 0 aromatic heterocycles. The van der Waals surface area contributed by atoms with Gasteiger partial charge >= 0.3 is 0 Å². The molecule has 0 aliphatic rings. The smallest absolute Gasteiger partial charge is 0.258 e. The molecular weight excluding hydrogens is 454 g/mol. The standard InChI is InChI=1S/C29H27N3O2S/c1-29(2,3)21-16-14-20(15-17-21)26(33)30-22-10-7-11-23(18-22)31-28(35)32-27(34)25-13-6-9-19-8-4-5-12-24(19)25/h4-18H,1-3H3,(H,30,33)(H2,31,32,34,35). The third-order valence-electron chi connectivity index (χ3n) is 5.65. The molecule has 3 N–H and O–H groups in total. The van der Waals surface area contributed by atoms with Crippen molar-refractivity contribution in [3.05, 3.63) is 108 Å². The predicted octanol–water partition coefficient (Wildman–Crippen LogP) is 6.52. The van der Waals surface area contributed by atoms with E-state index in [-0.39, 0.29) is 22.3 Å². The first-order chi connectivity index (χ1) is 16.7. The quantitative estimate of drug-likeness (QED) is 0.290. The van der Waals surface area contributed by atoms with E-state index in [4.69, 9.17) is 12.2 Å². The molecule has 35 heavy (non-hydrogen) atoms. The number of thiocarbonyl (C=S) groups is 1. The normalized spacial score (nSPS) is 11.1. The molecule has 176 valence electrons. The summed E-state index contributed by atoms with van der Waals surface area (Å²) in [4.78, 5) is 25.5. The van der Waals surface area contributed by atoms with Crippen LogP contribution in [0.1, 0.15) is 47.1 Å². The van der Waals surface area contributed by atoms with Crippen molar-refractivity contribution in [2.45, 2.75) is 26.2 Å². The molecule has 0 aliphatic carbocycles. The van der Waals surface area contributed by atoms with Crippen LogP contribution in [0.5, 0.6) is 0 Å². The summed E-state index contributed by atoms with van der Waals surface area (Å²) in [5, 5.41) is 10.7. The number of nitrogens with one attached hydrogen (secondary N) is 3. The number of hydrogen-bond donors (Lipinski definition) is 3. The second-order valence-electron chi connectivity index (χ2n) is 9.30. The highest BCUT2D eigenvalue weighted by Crippen LogP contribution is 2.23. The van der Waals surface area contributed by atoms with Crippen LogP contribution in [-0.4, -0.2) is 16.9 Å². The van der Waals surface area contributed by atoms with Crippen LogP contribution in [0.4, 0.5) is 11.4 Å². The van der Waals surface area contributed by atoms with Gasteiger partial charge in [-0.2, -0.15) is 0 Å². The van der Waals surface area contributed by atoms with Crippen molar-refractivity contribution >= 4 is 51.3 Å². The van der Waals surface area contributed by atoms with Gasteiger partial charge in [-0.1, -0.05) is 75.4 Å². The van der Waals surface area contributed by atoms with Crippen molar-refractivity contribution in [3.8, 4) is 0 Å². The fourth-order valence-electron chi connectivity index (χ4n) is 3.76. The Balaban J connectivity index is 1.40. The number of amides is 2. The maximum absolute atomic E-state index is 12.8. The van der Waals surface area contributed by atoms with Gasteiger partial charge in [0.25, 0.3) is 11.8 Å². The van der Waals surface area contributed by atoms with Crippen molar-refractivity contribution in [1.29, 1.82) is 0 Å². The molecule has 0 saturated heterocycles. The minimum Gasteiger partial charge on any atom is -0.332 e. The van der Waals surface area contributed by atoms with E-state index in [0.29, 0.717) is 22.5 Å². The lowest BCUT2D eigenvalue weighted by Gasteiger charge is -2.19. The lowest BCUT2D eigenvalue weighted by Crippen LogP contribution is -2.34. The fourth-order valence-corrected chi connectivity index (χ4v) is 3.97. The van der Waals surface area contributed by atoms with Gasteiger partial charge < -0.3 is 10.6 Å². The summed E-state index contributed by atoms with van der Waals surface area (Å²) in [6, 6.07) is 28.0. The Bertz CT molecular complexity index is 1400. The van der Waals surface area contributed by atoms with Gasteiger partial charge in [-0.15, -0.1) is 0 Å². The van der Waals surface area contributed by atoms with Gasteiger partial charge in [0, 0.05) is 22.5 Å². The SMILES string of the molecule is CC(C)(C)c1ccc(C(=O)Nc2cccc(NC(=S)NC(=O)c3cccc4ccccc34)c2)cc1. The van der Waals surface area contributed by atoms with Crippen LogP contribution in [0.25, 0.3) is 10.8 Å². The average Bonchev–Trinajstić information content (AvgIpc) is 2.83. The molecule has 0 atom stereocenters. The molecule has 0 radical (unpaired) electrons. The summed E-state index contributed by atoms with van der Waals surface area (Å²) in [5.41, 5.74) is 3.58. The number of anilines is 2. The second kappa shape index (κ2) is 10.1. The molecular formula is C29H27N3O2S. The molecule has 0 unspecified atom stereocenters. The van der Waals surface area contributed by atoms with Crippen molar-refractivity contribution in [1.82, 2.24) is 5.32 Å². The van der Waals surface area contributed by atoms with Gasteiger partial charge in [-0.25, -0.2) is 0 Å². The first-order valence-corrected chi connectivity index (χ1v) is 11.7. The highest BCUT2D eigenvalue weighted by molar-refractivity contribution is 7.80. The summed E-state index contributed by atoms with van der Waals surface area (Å²) in [6.45, 7) is 6.40. The van der Waals surface area contributed by atoms with Gasteiger partial charge in [0.05, 0.1) is 0 Å². The van der Waals surface area contributed by atoms with E-state index in [1.165, 1.54) is 5.56 Å². The Kier molecular flexibility index (Phi) is 6.94. The maximum atomic E-state index is 12.8. The van der Waals surface area contributed by atoms with E-state index in [1.54, 1.807) is 24.3 Å². The van der Waals surface area contributed by atoms with Crippen molar-refractivity contribution in [2.24, 2.45) is 0 Å². The van der Waals surface area contributed by atoms with Crippen LogP contribution in [0.15, 0.2) is 91.0 Å². The summed E-state index contributed by atoms with van der Waals surface area (Å²) >= 11 is 5.35. The summed E-state index contributed by atoms with van der Waals surface area (Å²) in [6.07, 6.45) is 0. The largest absolute Gasteiger partial charge is 0.332 e. The van der Waals surface area contributed by atoms with Gasteiger partial charge in [0.2, 0.25) is 0 Å². The Hall–Kier alpha value is -4.03. The summed E-state index contributed by atoms with van der Waals surface area (Å²) in [5.74, 6) is -0.489. The third kappa shape index (κ3) is 5.91. The third-order valence-corrected chi connectivity index (χ3v) is 5.86. The molecule has 0 saturated carbocycles. The van der Waals surface area contributed by atoms with Gasteiger partial charge in [-0.05, 0) is 70.4 Å². The number of carbonyl (C=O) groups excluding carboxylic acids is 2. The highest BCUT2D eigenvalue weighted by atomic mass is 32.1. The number of rotatable bonds is 4. The topological polar surface area (TPSA) is 70.2 Å². The van der Waals surface area contributed by atoms with Gasteiger partial charge in [0.1, 0.15) is 0 Å². The molecule has 4 aromatic carbocycles. The van der Waals surface area contributed by atoms with Crippen LogP contribution in [-0.2, 0) is 5.41 Å². The molecule has 0 fully saturated rings. The maximum Gasteiger partial charge on any atom is 0.258 e. The van der Waals surface area contributed by atoms with Crippen LogP contribution in [0.2, 0.25) is 0 Å². The fraction of sp³-hybridized carbons (Fsp3) is 0.138. The zero-order valence-corrected chi connectivity index (χ0v) is 20.7. The summed E-state index contributed by atoms with van der Waals surface area (Å²) in [7, 11) is 0. The molecule has 5 nitrogen and oxygen atoms in total. The molecule has 0 bridgehead atoms. The minimum absolute atomic E-state index is 0.0243. The van der Waals surface area contributed by atoms with Gasteiger partial charge in [-0.3, -0.25) is 14.9 Å². The van der Waals surface area contributed by atoms with Crippen LogP contribution in [0, 0.1) is 0 Å². The molecule has 6 heteroatoms. The van der Waals surface area contributed by atoms with E-state index in [1.807, 2.05) is 66.7 Å². The Morgan fingerprint density at radius 1 is 0.714 bits per heavy atom. The average molecular weight is 482 g/mol. The second-order valence-corrected chi connectivity index (χ2v) is 9.71. The molecule has 4 aromatic rings. The van der Waals surface area contributed by atoms with Crippen molar-refractivity contribution < 1.29 is 9.59 Å². The lowest BCUT2D eigenvalue weighted by molar-refractivity contribution is 0.0978. The van der Waals surface area contributed by atoms with E-state index in [2.05, 4.69) is 36.7 Å². The van der Waals surface area contributed by atoms with E-state index < -0.39 is 0 Å². The number of carbonyl (C=O) groups is 2. The van der Waals surface area contributed by atoms with Crippen molar-refractivity contribution in [3.63, 3.8) is 0 Å². The Morgan fingerprint density at radius 3 is 2.06 bits per heavy atom. The minimum atomic E-state index is -0.289. The Labute approximate surface area is 210 Å². The van der Waals surface area contributed by atoms with Crippen LogP contribution in [0.3, 0.4) is 0 Å². The molecule has 4 rings (SSSR count). The highest BCUT2D eigenvalue weighted by Gasteiger charge is 2.15. The Morgan fingerprint density at radius 2 is 1.34 bits per heavy atom. The molecule has 0 spiro atoms. The van der Waals surface area contributed by atoms with E-state index in [0.717, 1.165) is 10.8 Å². The zero-order valence-electron chi connectivity index (χ0n) is 19.9. The van der Waals surface area contributed by atoms with E-state index in [9.17, 15) is 9.59 Å². The van der Waals surface area contributed by atoms with Crippen LogP contribution < -0.4 is 16.0 Å². The van der Waals surface area contributed by atoms with Crippen molar-refractivity contribution in [2.75, 3.05) is 10.6 Å². The number of fused-ring (bicyclic) bond motifs is 1. The van der Waals surface area contributed by atoms with Crippen LogP contribution >= 0.6 is 12.2 Å².